The van der Waals surface area contributed by atoms with E-state index in [1.165, 1.54) is 38.8 Å². The maximum atomic E-state index is 6.10. The normalized spacial score (nSPS) is 34.8. The Bertz CT molecular complexity index is 403. The minimum absolute atomic E-state index is 0.00487. The summed E-state index contributed by atoms with van der Waals surface area (Å²) in [7, 11) is 0. The summed E-state index contributed by atoms with van der Waals surface area (Å²) in [6, 6.07) is 0.691. The summed E-state index contributed by atoms with van der Waals surface area (Å²) in [5.41, 5.74) is -0.00361. The van der Waals surface area contributed by atoms with Crippen LogP contribution < -0.4 is 0 Å². The van der Waals surface area contributed by atoms with Crippen LogP contribution in [-0.4, -0.2) is 47.9 Å². The van der Waals surface area contributed by atoms with Gasteiger partial charge in [0.1, 0.15) is 0 Å². The highest BCUT2D eigenvalue weighted by Gasteiger charge is 2.38. The molecule has 3 atom stereocenters. The Morgan fingerprint density at radius 2 is 1.60 bits per heavy atom. The van der Waals surface area contributed by atoms with E-state index in [2.05, 4.69) is 60.3 Å². The number of ether oxygens (including phenoxy) is 2. The molecule has 2 aliphatic rings. The molecule has 1 aliphatic carbocycles. The van der Waals surface area contributed by atoms with E-state index in [1.54, 1.807) is 0 Å². The molecule has 0 aromatic heterocycles. The highest BCUT2D eigenvalue weighted by molar-refractivity contribution is 4.90. The molecule has 1 saturated heterocycles. The fourth-order valence-electron chi connectivity index (χ4n) is 4.46. The van der Waals surface area contributed by atoms with E-state index >= 15 is 0 Å². The monoisotopic (exact) mass is 353 g/mol. The highest BCUT2D eigenvalue weighted by atomic mass is 16.5. The lowest BCUT2D eigenvalue weighted by molar-refractivity contribution is -0.119. The lowest BCUT2D eigenvalue weighted by atomic mass is 9.77. The van der Waals surface area contributed by atoms with Crippen molar-refractivity contribution in [2.45, 2.75) is 104 Å². The Labute approximate surface area is 156 Å². The second kappa shape index (κ2) is 8.27. The van der Waals surface area contributed by atoms with E-state index in [-0.39, 0.29) is 11.2 Å². The van der Waals surface area contributed by atoms with Gasteiger partial charge >= 0.3 is 0 Å². The van der Waals surface area contributed by atoms with Crippen molar-refractivity contribution in [3.8, 4) is 0 Å². The lowest BCUT2D eigenvalue weighted by Crippen LogP contribution is -2.51. The molecule has 25 heavy (non-hydrogen) atoms. The van der Waals surface area contributed by atoms with Crippen LogP contribution in [-0.2, 0) is 9.47 Å². The first kappa shape index (κ1) is 21.2. The Morgan fingerprint density at radius 3 is 2.16 bits per heavy atom. The van der Waals surface area contributed by atoms with Gasteiger partial charge in [-0.25, -0.2) is 0 Å². The quantitative estimate of drug-likeness (QED) is 0.660. The van der Waals surface area contributed by atoms with Gasteiger partial charge in [0.25, 0.3) is 0 Å². The third-order valence-corrected chi connectivity index (χ3v) is 6.10. The van der Waals surface area contributed by atoms with Gasteiger partial charge in [0, 0.05) is 19.2 Å². The minimum atomic E-state index is -0.00849. The van der Waals surface area contributed by atoms with Crippen LogP contribution in [0.3, 0.4) is 0 Å². The third-order valence-electron chi connectivity index (χ3n) is 6.10. The van der Waals surface area contributed by atoms with Gasteiger partial charge in [-0.1, -0.05) is 6.92 Å². The van der Waals surface area contributed by atoms with E-state index in [0.717, 1.165) is 24.4 Å². The maximum Gasteiger partial charge on any atom is 0.0602 e. The Morgan fingerprint density at radius 1 is 0.960 bits per heavy atom. The van der Waals surface area contributed by atoms with Crippen LogP contribution in [0, 0.1) is 17.8 Å². The van der Waals surface area contributed by atoms with Crippen LogP contribution in [0.4, 0.5) is 0 Å². The average molecular weight is 354 g/mol. The van der Waals surface area contributed by atoms with Crippen LogP contribution in [0.2, 0.25) is 0 Å². The molecule has 1 unspecified atom stereocenters. The van der Waals surface area contributed by atoms with Crippen LogP contribution in [0.5, 0.6) is 0 Å². The van der Waals surface area contributed by atoms with E-state index < -0.39 is 0 Å². The van der Waals surface area contributed by atoms with E-state index in [1.807, 2.05) is 0 Å². The molecule has 1 heterocycles. The van der Waals surface area contributed by atoms with Gasteiger partial charge in [0.15, 0.2) is 0 Å². The molecule has 0 radical (unpaired) electrons. The van der Waals surface area contributed by atoms with Crippen molar-refractivity contribution in [3.63, 3.8) is 0 Å². The average Bonchev–Trinajstić information content (AvgIpc) is 2.41. The zero-order valence-corrected chi connectivity index (χ0v) is 18.1. The van der Waals surface area contributed by atoms with Gasteiger partial charge in [0.05, 0.1) is 17.3 Å². The molecular formula is C22H43NO2. The molecule has 0 aromatic carbocycles. The summed E-state index contributed by atoms with van der Waals surface area (Å²) in [5, 5.41) is 0. The summed E-state index contributed by atoms with van der Waals surface area (Å²) in [5.74, 6) is 2.41. The summed E-state index contributed by atoms with van der Waals surface area (Å²) >= 11 is 0. The van der Waals surface area contributed by atoms with Gasteiger partial charge in [-0.3, -0.25) is 0 Å². The maximum absolute atomic E-state index is 6.10. The molecule has 3 nitrogen and oxygen atoms in total. The Kier molecular flexibility index (Phi) is 7.01. The van der Waals surface area contributed by atoms with Crippen molar-refractivity contribution in [1.82, 2.24) is 4.90 Å². The summed E-state index contributed by atoms with van der Waals surface area (Å²) in [6.07, 6.45) is 5.52. The van der Waals surface area contributed by atoms with Crippen molar-refractivity contribution < 1.29 is 9.47 Å². The van der Waals surface area contributed by atoms with Crippen molar-refractivity contribution >= 4 is 0 Å². The molecule has 1 aliphatic heterocycles. The second-order valence-corrected chi connectivity index (χ2v) is 10.6. The summed E-state index contributed by atoms with van der Waals surface area (Å²) < 4.78 is 12.1. The first-order valence-corrected chi connectivity index (χ1v) is 10.5. The number of hydrogen-bond donors (Lipinski definition) is 0. The molecule has 0 amide bonds. The third kappa shape index (κ3) is 6.84. The highest BCUT2D eigenvalue weighted by Crippen LogP contribution is 2.37. The van der Waals surface area contributed by atoms with Gasteiger partial charge in [-0.15, -0.1) is 0 Å². The predicted octanol–water partition coefficient (Wildman–Crippen LogP) is 5.13. The predicted molar refractivity (Wildman–Crippen MR) is 106 cm³/mol. The minimum Gasteiger partial charge on any atom is -0.376 e. The SMILES string of the molecule is C[C@@H]1C(CCOC(C)(C)C)CCN(C[C@H]2C[C@H](OC(C)(C)C)C2)[C@@H]1C. The van der Waals surface area contributed by atoms with Crippen LogP contribution >= 0.6 is 0 Å². The van der Waals surface area contributed by atoms with Gasteiger partial charge < -0.3 is 14.4 Å². The van der Waals surface area contributed by atoms with E-state index in [0.29, 0.717) is 12.1 Å². The molecule has 148 valence electrons. The lowest BCUT2D eigenvalue weighted by Gasteiger charge is -2.47. The number of rotatable bonds is 6. The zero-order chi connectivity index (χ0) is 18.8. The standard InChI is InChI=1S/C22H43NO2/c1-16-17(2)23(11-9-19(16)10-12-24-21(3,4)5)15-18-13-20(14-18)25-22(6,7)8/h16-20H,9-15H2,1-8H3/t16-,17+,18-,19?,20-/m0/s1. The molecule has 2 rings (SSSR count). The van der Waals surface area contributed by atoms with Gasteiger partial charge in [-0.2, -0.15) is 0 Å². The zero-order valence-electron chi connectivity index (χ0n) is 18.1. The number of piperidine rings is 1. The van der Waals surface area contributed by atoms with Crippen LogP contribution in [0.1, 0.15) is 81.1 Å². The van der Waals surface area contributed by atoms with Crippen molar-refractivity contribution in [1.29, 1.82) is 0 Å². The molecule has 1 saturated carbocycles. The van der Waals surface area contributed by atoms with E-state index in [4.69, 9.17) is 9.47 Å². The molecule has 0 spiro atoms. The number of hydrogen-bond acceptors (Lipinski definition) is 3. The first-order valence-electron chi connectivity index (χ1n) is 10.5. The summed E-state index contributed by atoms with van der Waals surface area (Å²) in [4.78, 5) is 2.74. The first-order chi connectivity index (χ1) is 11.4. The van der Waals surface area contributed by atoms with Crippen molar-refractivity contribution in [3.05, 3.63) is 0 Å². The van der Waals surface area contributed by atoms with Crippen molar-refractivity contribution in [2.75, 3.05) is 19.7 Å². The molecule has 2 fully saturated rings. The van der Waals surface area contributed by atoms with Crippen molar-refractivity contribution in [2.24, 2.45) is 17.8 Å². The van der Waals surface area contributed by atoms with Gasteiger partial charge in [-0.05, 0) is 98.4 Å². The fraction of sp³-hybridized carbons (Fsp3) is 1.00. The van der Waals surface area contributed by atoms with E-state index in [9.17, 15) is 0 Å². The second-order valence-electron chi connectivity index (χ2n) is 10.6. The van der Waals surface area contributed by atoms with Crippen LogP contribution in [0.25, 0.3) is 0 Å². The summed E-state index contributed by atoms with van der Waals surface area (Å²) in [6.45, 7) is 21.3. The molecular weight excluding hydrogens is 310 g/mol. The number of likely N-dealkylation sites (tertiary alicyclic amines) is 1. The Hall–Kier alpha value is -0.120. The number of nitrogens with zero attached hydrogens (tertiary/aromatic N) is 1. The van der Waals surface area contributed by atoms with Crippen LogP contribution in [0.15, 0.2) is 0 Å². The smallest absolute Gasteiger partial charge is 0.0602 e. The molecule has 0 bridgehead atoms. The largest absolute Gasteiger partial charge is 0.376 e. The molecule has 0 aromatic rings. The Balaban J connectivity index is 1.70. The topological polar surface area (TPSA) is 21.7 Å². The molecule has 0 N–H and O–H groups in total. The van der Waals surface area contributed by atoms with Gasteiger partial charge in [0.2, 0.25) is 0 Å². The fourth-order valence-corrected chi connectivity index (χ4v) is 4.46. The molecule has 3 heteroatoms.